The van der Waals surface area contributed by atoms with Crippen molar-refractivity contribution in [3.8, 4) is 0 Å². The van der Waals surface area contributed by atoms with Crippen LogP contribution in [0.5, 0.6) is 0 Å². The number of hydrogen-bond acceptors (Lipinski definition) is 4. The van der Waals surface area contributed by atoms with Gasteiger partial charge < -0.3 is 15.5 Å². The Balaban J connectivity index is 1.52. The molecule has 1 atom stereocenters. The Hall–Kier alpha value is -2.87. The Morgan fingerprint density at radius 1 is 1.19 bits per heavy atom. The van der Waals surface area contributed by atoms with Crippen LogP contribution in [0.3, 0.4) is 0 Å². The molecule has 27 heavy (non-hydrogen) atoms. The van der Waals surface area contributed by atoms with Gasteiger partial charge in [-0.25, -0.2) is 13.2 Å². The standard InChI is InChI=1S/C19H19N3O4S/c1-12-2-4-13(5-3-12)16-8-9-22(16)19(24)20-14-6-7-15-17(10-14)27(25,26)11-18(23)21-15/h2-7,10,16H,8-9,11H2,1H3,(H,20,24)(H,21,23). The van der Waals surface area contributed by atoms with Crippen LogP contribution < -0.4 is 10.6 Å². The first kappa shape index (κ1) is 17.5. The Bertz CT molecular complexity index is 1030. The lowest BCUT2D eigenvalue weighted by Gasteiger charge is -2.41. The molecule has 0 radical (unpaired) electrons. The van der Waals surface area contributed by atoms with Crippen LogP contribution in [0.25, 0.3) is 0 Å². The van der Waals surface area contributed by atoms with Crippen LogP contribution in [0.15, 0.2) is 47.4 Å². The molecule has 2 aliphatic heterocycles. The van der Waals surface area contributed by atoms with Crippen molar-refractivity contribution in [3.63, 3.8) is 0 Å². The van der Waals surface area contributed by atoms with Crippen LogP contribution >= 0.6 is 0 Å². The fraction of sp³-hybridized carbons (Fsp3) is 0.263. The summed E-state index contributed by atoms with van der Waals surface area (Å²) in [5.41, 5.74) is 2.87. The predicted molar refractivity (Wildman–Crippen MR) is 101 cm³/mol. The van der Waals surface area contributed by atoms with E-state index in [0.29, 0.717) is 12.2 Å². The number of hydrogen-bond donors (Lipinski definition) is 2. The molecule has 8 heteroatoms. The first-order valence-electron chi connectivity index (χ1n) is 8.64. The van der Waals surface area contributed by atoms with Gasteiger partial charge in [-0.05, 0) is 37.1 Å². The highest BCUT2D eigenvalue weighted by Crippen LogP contribution is 2.34. The van der Waals surface area contributed by atoms with E-state index < -0.39 is 21.5 Å². The van der Waals surface area contributed by atoms with Crippen LogP contribution in [0.2, 0.25) is 0 Å². The van der Waals surface area contributed by atoms with Crippen molar-refractivity contribution in [2.75, 3.05) is 22.9 Å². The van der Waals surface area contributed by atoms with Crippen LogP contribution in [0, 0.1) is 6.92 Å². The molecule has 1 unspecified atom stereocenters. The molecule has 0 bridgehead atoms. The van der Waals surface area contributed by atoms with Gasteiger partial charge in [0.2, 0.25) is 5.91 Å². The summed E-state index contributed by atoms with van der Waals surface area (Å²) in [5.74, 6) is -1.14. The normalized spacial score (nSPS) is 20.3. The number of amides is 3. The largest absolute Gasteiger partial charge is 0.324 e. The monoisotopic (exact) mass is 385 g/mol. The maximum atomic E-state index is 12.6. The lowest BCUT2D eigenvalue weighted by molar-refractivity contribution is -0.114. The fourth-order valence-electron chi connectivity index (χ4n) is 3.36. The van der Waals surface area contributed by atoms with E-state index in [2.05, 4.69) is 10.6 Å². The number of benzene rings is 2. The third kappa shape index (κ3) is 3.28. The van der Waals surface area contributed by atoms with E-state index in [1.54, 1.807) is 11.0 Å². The zero-order valence-corrected chi connectivity index (χ0v) is 15.5. The van der Waals surface area contributed by atoms with Gasteiger partial charge in [-0.1, -0.05) is 29.8 Å². The van der Waals surface area contributed by atoms with Crippen molar-refractivity contribution in [2.45, 2.75) is 24.3 Å². The molecule has 2 aromatic carbocycles. The number of anilines is 2. The summed E-state index contributed by atoms with van der Waals surface area (Å²) < 4.78 is 24.4. The summed E-state index contributed by atoms with van der Waals surface area (Å²) in [5, 5.41) is 5.30. The Kier molecular flexibility index (Phi) is 4.15. The number of carbonyl (C=O) groups excluding carboxylic acids is 2. The minimum absolute atomic E-state index is 0.0197. The van der Waals surface area contributed by atoms with Gasteiger partial charge in [0.15, 0.2) is 9.84 Å². The number of nitrogens with one attached hydrogen (secondary N) is 2. The Labute approximate surface area is 157 Å². The molecule has 0 aromatic heterocycles. The lowest BCUT2D eigenvalue weighted by Crippen LogP contribution is -2.47. The molecule has 140 valence electrons. The molecule has 2 N–H and O–H groups in total. The first-order chi connectivity index (χ1) is 12.8. The van der Waals surface area contributed by atoms with E-state index in [1.807, 2.05) is 31.2 Å². The summed E-state index contributed by atoms with van der Waals surface area (Å²) in [4.78, 5) is 25.8. The molecule has 0 saturated carbocycles. The summed E-state index contributed by atoms with van der Waals surface area (Å²) in [6, 6.07) is 12.3. The number of sulfone groups is 1. The Morgan fingerprint density at radius 2 is 1.93 bits per heavy atom. The smallest absolute Gasteiger partial charge is 0.322 e. The molecule has 4 rings (SSSR count). The zero-order valence-electron chi connectivity index (χ0n) is 14.7. The highest BCUT2D eigenvalue weighted by molar-refractivity contribution is 7.92. The van der Waals surface area contributed by atoms with Crippen molar-refractivity contribution in [1.29, 1.82) is 0 Å². The number of fused-ring (bicyclic) bond motifs is 1. The van der Waals surface area contributed by atoms with Crippen LogP contribution in [0.1, 0.15) is 23.6 Å². The second-order valence-corrected chi connectivity index (χ2v) is 8.81. The van der Waals surface area contributed by atoms with Gasteiger partial charge in [-0.3, -0.25) is 4.79 Å². The molecule has 2 heterocycles. The average Bonchev–Trinajstić information content (AvgIpc) is 2.55. The molecule has 1 fully saturated rings. The van der Waals surface area contributed by atoms with E-state index in [9.17, 15) is 18.0 Å². The third-order valence-electron chi connectivity index (χ3n) is 4.91. The highest BCUT2D eigenvalue weighted by Gasteiger charge is 2.34. The fourth-order valence-corrected chi connectivity index (χ4v) is 4.69. The van der Waals surface area contributed by atoms with Crippen molar-refractivity contribution >= 4 is 33.2 Å². The van der Waals surface area contributed by atoms with Gasteiger partial charge in [-0.15, -0.1) is 0 Å². The Morgan fingerprint density at radius 3 is 2.59 bits per heavy atom. The molecule has 2 aromatic rings. The third-order valence-corrected chi connectivity index (χ3v) is 6.56. The summed E-state index contributed by atoms with van der Waals surface area (Å²) >= 11 is 0. The number of urea groups is 1. The predicted octanol–water partition coefficient (Wildman–Crippen LogP) is 2.70. The van der Waals surface area contributed by atoms with Crippen molar-refractivity contribution in [3.05, 3.63) is 53.6 Å². The molecule has 7 nitrogen and oxygen atoms in total. The highest BCUT2D eigenvalue weighted by atomic mass is 32.2. The summed E-state index contributed by atoms with van der Waals surface area (Å²) in [7, 11) is -3.70. The van der Waals surface area contributed by atoms with Crippen LogP contribution in [-0.2, 0) is 14.6 Å². The summed E-state index contributed by atoms with van der Waals surface area (Å²) in [6.45, 7) is 2.66. The van der Waals surface area contributed by atoms with E-state index in [-0.39, 0.29) is 22.7 Å². The van der Waals surface area contributed by atoms with E-state index >= 15 is 0 Å². The molecular formula is C19H19N3O4S. The van der Waals surface area contributed by atoms with Gasteiger partial charge in [0.1, 0.15) is 5.75 Å². The first-order valence-corrected chi connectivity index (χ1v) is 10.3. The minimum Gasteiger partial charge on any atom is -0.324 e. The van der Waals surface area contributed by atoms with Crippen molar-refractivity contribution < 1.29 is 18.0 Å². The van der Waals surface area contributed by atoms with E-state index in [0.717, 1.165) is 17.5 Å². The van der Waals surface area contributed by atoms with Gasteiger partial charge >= 0.3 is 6.03 Å². The lowest BCUT2D eigenvalue weighted by atomic mass is 9.94. The van der Waals surface area contributed by atoms with Gasteiger partial charge in [0.25, 0.3) is 0 Å². The maximum Gasteiger partial charge on any atom is 0.322 e. The van der Waals surface area contributed by atoms with Gasteiger partial charge in [0, 0.05) is 12.2 Å². The number of carbonyl (C=O) groups is 2. The number of rotatable bonds is 2. The van der Waals surface area contributed by atoms with Crippen LogP contribution in [0.4, 0.5) is 16.2 Å². The number of likely N-dealkylation sites (tertiary alicyclic amines) is 1. The molecule has 0 spiro atoms. The van der Waals surface area contributed by atoms with Gasteiger partial charge in [-0.2, -0.15) is 0 Å². The molecular weight excluding hydrogens is 366 g/mol. The molecule has 0 aliphatic carbocycles. The molecule has 3 amide bonds. The second-order valence-electron chi connectivity index (χ2n) is 6.86. The zero-order chi connectivity index (χ0) is 19.2. The molecule has 2 aliphatic rings. The van der Waals surface area contributed by atoms with E-state index in [1.165, 1.54) is 12.1 Å². The molecule has 1 saturated heterocycles. The summed E-state index contributed by atoms with van der Waals surface area (Å²) in [6.07, 6.45) is 0.890. The number of aryl methyl sites for hydroxylation is 1. The minimum atomic E-state index is -3.70. The second kappa shape index (κ2) is 6.38. The number of nitrogens with zero attached hydrogens (tertiary/aromatic N) is 1. The van der Waals surface area contributed by atoms with Crippen molar-refractivity contribution in [2.24, 2.45) is 0 Å². The topological polar surface area (TPSA) is 95.6 Å². The quantitative estimate of drug-likeness (QED) is 0.831. The average molecular weight is 385 g/mol. The van der Waals surface area contributed by atoms with E-state index in [4.69, 9.17) is 0 Å². The van der Waals surface area contributed by atoms with Gasteiger partial charge in [0.05, 0.1) is 16.6 Å². The SMILES string of the molecule is Cc1ccc(C2CCN2C(=O)Nc2ccc3c(c2)S(=O)(=O)CC(=O)N3)cc1. The van der Waals surface area contributed by atoms with Crippen molar-refractivity contribution in [1.82, 2.24) is 4.90 Å². The maximum absolute atomic E-state index is 12.6. The van der Waals surface area contributed by atoms with Crippen LogP contribution in [-0.4, -0.2) is 37.6 Å².